The summed E-state index contributed by atoms with van der Waals surface area (Å²) in [6, 6.07) is 6.79. The average molecular weight is 309 g/mol. The molecule has 0 unspecified atom stereocenters. The molecule has 4 nitrogen and oxygen atoms in total. The zero-order valence-corrected chi connectivity index (χ0v) is 12.6. The molecule has 1 aromatic carbocycles. The number of hydrogen-bond donors (Lipinski definition) is 2. The monoisotopic (exact) mass is 308 g/mol. The largest absolute Gasteiger partial charge is 0.325 e. The number of carbonyl (C=O) groups is 2. The number of rotatable bonds is 3. The first-order valence-electron chi connectivity index (χ1n) is 5.90. The third kappa shape index (κ3) is 3.37. The van der Waals surface area contributed by atoms with Crippen LogP contribution in [-0.4, -0.2) is 11.8 Å². The molecule has 2 N–H and O–H groups in total. The van der Waals surface area contributed by atoms with E-state index in [1.807, 2.05) is 18.4 Å². The summed E-state index contributed by atoms with van der Waals surface area (Å²) in [6.07, 6.45) is 0. The topological polar surface area (TPSA) is 58.2 Å². The van der Waals surface area contributed by atoms with Gasteiger partial charge in [0, 0.05) is 11.9 Å². The number of hydrogen-bond acceptors (Lipinski definition) is 3. The molecule has 0 fully saturated rings. The molecule has 1 aromatic heterocycles. The van der Waals surface area contributed by atoms with Crippen molar-refractivity contribution < 1.29 is 9.59 Å². The fourth-order valence-electron chi connectivity index (χ4n) is 1.70. The van der Waals surface area contributed by atoms with Crippen LogP contribution in [0, 0.1) is 6.92 Å². The molecule has 2 rings (SSSR count). The minimum Gasteiger partial charge on any atom is -0.325 e. The molecule has 0 radical (unpaired) electrons. The summed E-state index contributed by atoms with van der Waals surface area (Å²) in [5, 5.41) is 7.77. The van der Waals surface area contributed by atoms with Gasteiger partial charge in [-0.25, -0.2) is 0 Å². The molecule has 6 heteroatoms. The minimum atomic E-state index is -0.216. The van der Waals surface area contributed by atoms with Crippen molar-refractivity contribution in [1.29, 1.82) is 0 Å². The molecule has 0 bridgehead atoms. The molecular formula is C14H13ClN2O2S. The van der Waals surface area contributed by atoms with Gasteiger partial charge in [-0.3, -0.25) is 9.59 Å². The molecule has 0 aliphatic carbocycles. The van der Waals surface area contributed by atoms with Gasteiger partial charge in [-0.15, -0.1) is 11.3 Å². The average Bonchev–Trinajstić information content (AvgIpc) is 2.78. The second-order valence-electron chi connectivity index (χ2n) is 4.26. The number of nitrogens with one attached hydrogen (secondary N) is 2. The van der Waals surface area contributed by atoms with Crippen LogP contribution in [0.15, 0.2) is 29.6 Å². The second-order valence-corrected chi connectivity index (χ2v) is 5.61. The van der Waals surface area contributed by atoms with Gasteiger partial charge in [0.25, 0.3) is 5.91 Å². The van der Waals surface area contributed by atoms with Gasteiger partial charge in [0.2, 0.25) is 5.91 Å². The van der Waals surface area contributed by atoms with Gasteiger partial charge in [0.15, 0.2) is 0 Å². The first-order valence-corrected chi connectivity index (χ1v) is 7.15. The van der Waals surface area contributed by atoms with Gasteiger partial charge in [0.05, 0.1) is 16.3 Å². The Morgan fingerprint density at radius 2 is 1.90 bits per heavy atom. The van der Waals surface area contributed by atoms with Crippen molar-refractivity contribution in [2.45, 2.75) is 13.8 Å². The van der Waals surface area contributed by atoms with Gasteiger partial charge in [-0.2, -0.15) is 0 Å². The molecule has 0 aliphatic heterocycles. The van der Waals surface area contributed by atoms with Crippen LogP contribution >= 0.6 is 22.9 Å². The maximum atomic E-state index is 12.2. The van der Waals surface area contributed by atoms with Crippen molar-refractivity contribution in [2.75, 3.05) is 10.6 Å². The molecule has 2 amide bonds. The van der Waals surface area contributed by atoms with Crippen LogP contribution < -0.4 is 10.6 Å². The Hall–Kier alpha value is -1.85. The standard InChI is InChI=1S/C14H13ClN2O2S/c1-8-5-6-20-13(8)14(19)17-12-7-10(15)3-4-11(12)16-9(2)18/h3-7H,1-2H3,(H,16,18)(H,17,19). The highest BCUT2D eigenvalue weighted by molar-refractivity contribution is 7.12. The fourth-order valence-corrected chi connectivity index (χ4v) is 2.70. The summed E-state index contributed by atoms with van der Waals surface area (Å²) in [5.74, 6) is -0.429. The third-order valence-corrected chi connectivity index (χ3v) is 3.86. The van der Waals surface area contributed by atoms with Gasteiger partial charge in [-0.1, -0.05) is 11.6 Å². The third-order valence-electron chi connectivity index (χ3n) is 2.61. The van der Waals surface area contributed by atoms with E-state index in [4.69, 9.17) is 11.6 Å². The summed E-state index contributed by atoms with van der Waals surface area (Å²) in [4.78, 5) is 24.0. The lowest BCUT2D eigenvalue weighted by atomic mass is 10.2. The van der Waals surface area contributed by atoms with Crippen LogP contribution in [0.25, 0.3) is 0 Å². The Morgan fingerprint density at radius 1 is 1.15 bits per heavy atom. The summed E-state index contributed by atoms with van der Waals surface area (Å²) in [7, 11) is 0. The first kappa shape index (κ1) is 14.6. The number of amides is 2. The van der Waals surface area contributed by atoms with Crippen LogP contribution in [-0.2, 0) is 4.79 Å². The highest BCUT2D eigenvalue weighted by Crippen LogP contribution is 2.27. The molecular weight excluding hydrogens is 296 g/mol. The van der Waals surface area contributed by atoms with Crippen LogP contribution in [0.3, 0.4) is 0 Å². The van der Waals surface area contributed by atoms with Gasteiger partial charge in [-0.05, 0) is 42.1 Å². The Balaban J connectivity index is 2.28. The number of benzene rings is 1. The number of aryl methyl sites for hydroxylation is 1. The molecule has 0 saturated carbocycles. The lowest BCUT2D eigenvalue weighted by Crippen LogP contribution is -2.14. The van der Waals surface area contributed by atoms with E-state index in [1.54, 1.807) is 18.2 Å². The molecule has 2 aromatic rings. The van der Waals surface area contributed by atoms with Gasteiger partial charge >= 0.3 is 0 Å². The van der Waals surface area contributed by atoms with Crippen LogP contribution in [0.4, 0.5) is 11.4 Å². The zero-order valence-electron chi connectivity index (χ0n) is 11.0. The maximum Gasteiger partial charge on any atom is 0.266 e. The quantitative estimate of drug-likeness (QED) is 0.903. The van der Waals surface area contributed by atoms with Crippen LogP contribution in [0.2, 0.25) is 5.02 Å². The van der Waals surface area contributed by atoms with E-state index in [1.165, 1.54) is 18.3 Å². The van der Waals surface area contributed by atoms with Crippen molar-refractivity contribution in [1.82, 2.24) is 0 Å². The summed E-state index contributed by atoms with van der Waals surface area (Å²) in [6.45, 7) is 3.28. The summed E-state index contributed by atoms with van der Waals surface area (Å²) < 4.78 is 0. The Labute approximate surface area is 125 Å². The smallest absolute Gasteiger partial charge is 0.266 e. The fraction of sp³-hybridized carbons (Fsp3) is 0.143. The lowest BCUT2D eigenvalue weighted by Gasteiger charge is -2.11. The zero-order chi connectivity index (χ0) is 14.7. The SMILES string of the molecule is CC(=O)Nc1ccc(Cl)cc1NC(=O)c1sccc1C. The Morgan fingerprint density at radius 3 is 2.50 bits per heavy atom. The van der Waals surface area contributed by atoms with E-state index >= 15 is 0 Å². The van der Waals surface area contributed by atoms with Gasteiger partial charge in [0.1, 0.15) is 0 Å². The van der Waals surface area contributed by atoms with E-state index in [0.29, 0.717) is 21.3 Å². The molecule has 0 saturated heterocycles. The molecule has 0 atom stereocenters. The first-order chi connectivity index (χ1) is 9.47. The predicted molar refractivity (Wildman–Crippen MR) is 82.8 cm³/mol. The summed E-state index contributed by atoms with van der Waals surface area (Å²) in [5.41, 5.74) is 1.91. The van der Waals surface area contributed by atoms with E-state index in [2.05, 4.69) is 10.6 Å². The molecule has 0 spiro atoms. The molecule has 104 valence electrons. The highest BCUT2D eigenvalue weighted by Gasteiger charge is 2.13. The van der Waals surface area contributed by atoms with Crippen LogP contribution in [0.1, 0.15) is 22.2 Å². The number of anilines is 2. The van der Waals surface area contributed by atoms with Crippen molar-refractivity contribution >= 4 is 46.1 Å². The van der Waals surface area contributed by atoms with Crippen molar-refractivity contribution in [2.24, 2.45) is 0 Å². The molecule has 0 aliphatic rings. The molecule has 20 heavy (non-hydrogen) atoms. The lowest BCUT2D eigenvalue weighted by molar-refractivity contribution is -0.114. The van der Waals surface area contributed by atoms with Crippen molar-refractivity contribution in [3.63, 3.8) is 0 Å². The molecule has 1 heterocycles. The predicted octanol–water partition coefficient (Wildman–Crippen LogP) is 3.92. The normalized spacial score (nSPS) is 10.2. The van der Waals surface area contributed by atoms with Crippen LogP contribution in [0.5, 0.6) is 0 Å². The second kappa shape index (κ2) is 6.07. The van der Waals surface area contributed by atoms with E-state index < -0.39 is 0 Å². The minimum absolute atomic E-state index is 0.213. The summed E-state index contributed by atoms with van der Waals surface area (Å²) >= 11 is 7.30. The van der Waals surface area contributed by atoms with E-state index in [9.17, 15) is 9.59 Å². The highest BCUT2D eigenvalue weighted by atomic mass is 35.5. The maximum absolute atomic E-state index is 12.2. The van der Waals surface area contributed by atoms with E-state index in [0.717, 1.165) is 5.56 Å². The number of halogens is 1. The number of thiophene rings is 1. The van der Waals surface area contributed by atoms with Gasteiger partial charge < -0.3 is 10.6 Å². The Kier molecular flexibility index (Phi) is 4.42. The Bertz CT molecular complexity index is 667. The van der Waals surface area contributed by atoms with Crippen molar-refractivity contribution in [3.05, 3.63) is 45.1 Å². The van der Waals surface area contributed by atoms with E-state index in [-0.39, 0.29) is 11.8 Å². The number of carbonyl (C=O) groups excluding carboxylic acids is 2. The van der Waals surface area contributed by atoms with Crippen molar-refractivity contribution in [3.8, 4) is 0 Å².